The van der Waals surface area contributed by atoms with Crippen molar-refractivity contribution in [3.05, 3.63) is 59.9 Å². The second-order valence-corrected chi connectivity index (χ2v) is 7.10. The molecule has 3 aromatic rings. The molecule has 156 valence electrons. The van der Waals surface area contributed by atoms with Crippen molar-refractivity contribution >= 4 is 11.7 Å². The number of benzene rings is 1. The third-order valence-corrected chi connectivity index (χ3v) is 5.14. The number of aromatic nitrogens is 4. The highest BCUT2D eigenvalue weighted by Crippen LogP contribution is 2.30. The zero-order chi connectivity index (χ0) is 21.4. The summed E-state index contributed by atoms with van der Waals surface area (Å²) in [7, 11) is 3.02. The minimum atomic E-state index is -2.84. The van der Waals surface area contributed by atoms with Crippen LogP contribution in [0.1, 0.15) is 22.5 Å². The van der Waals surface area contributed by atoms with Crippen molar-refractivity contribution in [2.75, 3.05) is 25.0 Å². The minimum absolute atomic E-state index is 0.131. The van der Waals surface area contributed by atoms with E-state index in [1.807, 2.05) is 6.07 Å². The monoisotopic (exact) mass is 416 g/mol. The van der Waals surface area contributed by atoms with Gasteiger partial charge >= 0.3 is 0 Å². The third kappa shape index (κ3) is 3.49. The molecule has 2 aromatic heterocycles. The van der Waals surface area contributed by atoms with Gasteiger partial charge in [-0.25, -0.2) is 23.1 Å². The topological polar surface area (TPSA) is 67.2 Å². The van der Waals surface area contributed by atoms with Crippen molar-refractivity contribution in [1.82, 2.24) is 24.6 Å². The van der Waals surface area contributed by atoms with Gasteiger partial charge in [0, 0.05) is 38.9 Å². The summed E-state index contributed by atoms with van der Waals surface area (Å²) in [6.45, 7) is 0.656. The summed E-state index contributed by atoms with van der Waals surface area (Å²) < 4.78 is 42.5. The van der Waals surface area contributed by atoms with Crippen molar-refractivity contribution in [2.45, 2.75) is 12.5 Å². The van der Waals surface area contributed by atoms with Gasteiger partial charge in [-0.1, -0.05) is 30.3 Å². The van der Waals surface area contributed by atoms with Crippen LogP contribution in [0.2, 0.25) is 0 Å². The van der Waals surface area contributed by atoms with Crippen LogP contribution in [-0.4, -0.2) is 56.7 Å². The van der Waals surface area contributed by atoms with Crippen LogP contribution >= 0.6 is 0 Å². The highest BCUT2D eigenvalue weighted by atomic mass is 19.3. The summed E-state index contributed by atoms with van der Waals surface area (Å²) in [6, 6.07) is 8.67. The van der Waals surface area contributed by atoms with Gasteiger partial charge in [0.1, 0.15) is 17.7 Å². The molecule has 0 aliphatic carbocycles. The van der Waals surface area contributed by atoms with E-state index in [-0.39, 0.29) is 23.1 Å². The number of anilines is 1. The molecule has 0 bridgehead atoms. The molecule has 4 rings (SSSR count). The number of likely N-dealkylation sites (N-methyl/N-ethyl adjacent to an activating group) is 1. The van der Waals surface area contributed by atoms with Crippen LogP contribution in [0, 0.1) is 5.82 Å². The fourth-order valence-corrected chi connectivity index (χ4v) is 3.44. The molecule has 1 fully saturated rings. The zero-order valence-electron chi connectivity index (χ0n) is 16.3. The number of alkyl halides is 2. The Hall–Kier alpha value is -3.43. The van der Waals surface area contributed by atoms with Gasteiger partial charge in [0.2, 0.25) is 0 Å². The maximum atomic E-state index is 15.0. The summed E-state index contributed by atoms with van der Waals surface area (Å²) in [4.78, 5) is 23.9. The molecule has 0 saturated carbocycles. The molecule has 7 nitrogen and oxygen atoms in total. The van der Waals surface area contributed by atoms with E-state index in [1.54, 1.807) is 36.2 Å². The smallest absolute Gasteiger partial charge is 0.282 e. The van der Waals surface area contributed by atoms with E-state index in [0.717, 1.165) is 0 Å². The predicted octanol–water partition coefficient (Wildman–Crippen LogP) is 2.91. The Morgan fingerprint density at radius 1 is 1.20 bits per heavy atom. The normalized spacial score (nSPS) is 14.1. The number of rotatable bonds is 5. The van der Waals surface area contributed by atoms with Crippen molar-refractivity contribution in [1.29, 1.82) is 0 Å². The van der Waals surface area contributed by atoms with Gasteiger partial charge in [-0.3, -0.25) is 9.48 Å². The molecule has 0 radical (unpaired) electrons. The standard InChI is InChI=1S/C20H19F3N6O/c1-27-10-14(17(26-27)18(22)23)20(30)28(2)13-8-29(9-13)19-15(21)16(24-11-25-19)12-6-4-3-5-7-12/h3-7,10-11,13,18H,8-9H2,1-2H3. The zero-order valence-corrected chi connectivity index (χ0v) is 16.3. The molecular weight excluding hydrogens is 397 g/mol. The van der Waals surface area contributed by atoms with Crippen LogP contribution in [0.15, 0.2) is 42.9 Å². The lowest BCUT2D eigenvalue weighted by atomic mass is 10.1. The molecule has 1 amide bonds. The quantitative estimate of drug-likeness (QED) is 0.640. The molecule has 0 spiro atoms. The third-order valence-electron chi connectivity index (χ3n) is 5.14. The van der Waals surface area contributed by atoms with E-state index in [9.17, 15) is 18.0 Å². The largest absolute Gasteiger partial charge is 0.350 e. The number of amides is 1. The lowest BCUT2D eigenvalue weighted by molar-refractivity contribution is 0.0692. The van der Waals surface area contributed by atoms with Crippen LogP contribution in [-0.2, 0) is 7.05 Å². The van der Waals surface area contributed by atoms with Crippen LogP contribution in [0.3, 0.4) is 0 Å². The van der Waals surface area contributed by atoms with E-state index in [1.165, 1.54) is 29.2 Å². The van der Waals surface area contributed by atoms with Crippen molar-refractivity contribution in [3.63, 3.8) is 0 Å². The first-order valence-electron chi connectivity index (χ1n) is 9.26. The fraction of sp³-hybridized carbons (Fsp3) is 0.300. The van der Waals surface area contributed by atoms with Crippen molar-refractivity contribution in [2.24, 2.45) is 7.05 Å². The van der Waals surface area contributed by atoms with E-state index in [2.05, 4.69) is 15.1 Å². The summed E-state index contributed by atoms with van der Waals surface area (Å²) in [5, 5.41) is 3.67. The van der Waals surface area contributed by atoms with Gasteiger partial charge in [0.05, 0.1) is 11.6 Å². The Bertz CT molecular complexity index is 1070. The number of aryl methyl sites for hydroxylation is 1. The van der Waals surface area contributed by atoms with Gasteiger partial charge in [0.15, 0.2) is 11.6 Å². The van der Waals surface area contributed by atoms with Crippen molar-refractivity contribution in [3.8, 4) is 11.3 Å². The number of hydrogen-bond donors (Lipinski definition) is 0. The van der Waals surface area contributed by atoms with E-state index in [0.29, 0.717) is 18.7 Å². The number of nitrogens with zero attached hydrogens (tertiary/aromatic N) is 6. The molecule has 0 atom stereocenters. The second-order valence-electron chi connectivity index (χ2n) is 7.10. The molecule has 0 unspecified atom stereocenters. The second kappa shape index (κ2) is 7.77. The SMILES string of the molecule is CN(C(=O)c1cn(C)nc1C(F)F)C1CN(c2ncnc(-c3ccccc3)c2F)C1. The predicted molar refractivity (Wildman–Crippen MR) is 104 cm³/mol. The van der Waals surface area contributed by atoms with E-state index < -0.39 is 23.8 Å². The lowest BCUT2D eigenvalue weighted by Crippen LogP contribution is -2.60. The average molecular weight is 416 g/mol. The van der Waals surface area contributed by atoms with E-state index >= 15 is 0 Å². The molecule has 3 heterocycles. The molecule has 30 heavy (non-hydrogen) atoms. The fourth-order valence-electron chi connectivity index (χ4n) is 3.44. The average Bonchev–Trinajstić information content (AvgIpc) is 3.10. The molecule has 10 heteroatoms. The van der Waals surface area contributed by atoms with Gasteiger partial charge in [-0.15, -0.1) is 0 Å². The summed E-state index contributed by atoms with van der Waals surface area (Å²) >= 11 is 0. The number of carbonyl (C=O) groups excluding carboxylic acids is 1. The van der Waals surface area contributed by atoms with Gasteiger partial charge in [0.25, 0.3) is 12.3 Å². The first kappa shape index (κ1) is 19.9. The van der Waals surface area contributed by atoms with E-state index in [4.69, 9.17) is 0 Å². The molecule has 0 N–H and O–H groups in total. The molecule has 1 aliphatic rings. The Kier molecular flexibility index (Phi) is 5.15. The number of hydrogen-bond acceptors (Lipinski definition) is 5. The Balaban J connectivity index is 1.48. The first-order chi connectivity index (χ1) is 14.4. The van der Waals surface area contributed by atoms with Crippen LogP contribution < -0.4 is 4.90 Å². The highest BCUT2D eigenvalue weighted by Gasteiger charge is 2.37. The van der Waals surface area contributed by atoms with Crippen LogP contribution in [0.5, 0.6) is 0 Å². The molecule has 1 aromatic carbocycles. The lowest BCUT2D eigenvalue weighted by Gasteiger charge is -2.44. The first-order valence-corrected chi connectivity index (χ1v) is 9.26. The summed E-state index contributed by atoms with van der Waals surface area (Å²) in [5.74, 6) is -0.935. The highest BCUT2D eigenvalue weighted by molar-refractivity contribution is 5.95. The summed E-state index contributed by atoms with van der Waals surface area (Å²) in [5.41, 5.74) is 0.164. The Labute approximate surface area is 170 Å². The Morgan fingerprint density at radius 3 is 2.57 bits per heavy atom. The van der Waals surface area contributed by atoms with Gasteiger partial charge < -0.3 is 9.80 Å². The minimum Gasteiger partial charge on any atom is -0.350 e. The maximum Gasteiger partial charge on any atom is 0.282 e. The Morgan fingerprint density at radius 2 is 1.90 bits per heavy atom. The molecule has 1 saturated heterocycles. The molecular formula is C20H19F3N6O. The number of carbonyl (C=O) groups is 1. The van der Waals surface area contributed by atoms with Crippen LogP contribution in [0.25, 0.3) is 11.3 Å². The van der Waals surface area contributed by atoms with Crippen LogP contribution in [0.4, 0.5) is 19.0 Å². The molecule has 1 aliphatic heterocycles. The van der Waals surface area contributed by atoms with Crippen molar-refractivity contribution < 1.29 is 18.0 Å². The van der Waals surface area contributed by atoms with Gasteiger partial charge in [-0.05, 0) is 0 Å². The van der Waals surface area contributed by atoms with Gasteiger partial charge in [-0.2, -0.15) is 5.10 Å². The summed E-state index contributed by atoms with van der Waals surface area (Å²) in [6.07, 6.45) is -0.261. The number of halogens is 3. The maximum absolute atomic E-state index is 15.0.